The molecule has 2 aromatic carbocycles. The molecule has 0 unspecified atom stereocenters. The predicted molar refractivity (Wildman–Crippen MR) is 110 cm³/mol. The van der Waals surface area contributed by atoms with Crippen molar-refractivity contribution in [2.24, 2.45) is 7.05 Å². The molecule has 0 fully saturated rings. The van der Waals surface area contributed by atoms with Crippen LogP contribution in [0.25, 0.3) is 10.9 Å². The summed E-state index contributed by atoms with van der Waals surface area (Å²) in [5.41, 5.74) is 3.71. The molecule has 0 spiro atoms. The van der Waals surface area contributed by atoms with Gasteiger partial charge in [-0.3, -0.25) is 4.68 Å². The minimum Gasteiger partial charge on any atom is -0.381 e. The summed E-state index contributed by atoms with van der Waals surface area (Å²) in [6.45, 7) is 0.541. The number of aryl methyl sites for hydroxylation is 1. The van der Waals surface area contributed by atoms with Crippen LogP contribution in [0.15, 0.2) is 54.9 Å². The monoisotopic (exact) mass is 398 g/mol. The molecular weight excluding hydrogens is 383 g/mol. The second-order valence-corrected chi connectivity index (χ2v) is 6.85. The lowest BCUT2D eigenvalue weighted by atomic mass is 10.2. The van der Waals surface area contributed by atoms with E-state index in [0.29, 0.717) is 17.4 Å². The molecule has 0 bridgehead atoms. The lowest BCUT2D eigenvalue weighted by Gasteiger charge is -2.12. The maximum atomic E-state index is 5.98. The average molecular weight is 399 g/mol. The second-order valence-electron chi connectivity index (χ2n) is 6.07. The molecule has 0 aliphatic heterocycles. The Labute approximate surface area is 166 Å². The first-order valence-electron chi connectivity index (χ1n) is 8.28. The molecular formula is C19H16Cl2N6. The van der Waals surface area contributed by atoms with Crippen molar-refractivity contribution < 1.29 is 0 Å². The minimum atomic E-state index is 0.187. The van der Waals surface area contributed by atoms with E-state index in [1.54, 1.807) is 10.9 Å². The van der Waals surface area contributed by atoms with Crippen LogP contribution in [0.1, 0.15) is 5.56 Å². The van der Waals surface area contributed by atoms with Crippen molar-refractivity contribution in [2.45, 2.75) is 6.54 Å². The van der Waals surface area contributed by atoms with Crippen molar-refractivity contribution in [1.29, 1.82) is 0 Å². The van der Waals surface area contributed by atoms with E-state index in [4.69, 9.17) is 23.2 Å². The van der Waals surface area contributed by atoms with E-state index in [2.05, 4.69) is 31.8 Å². The van der Waals surface area contributed by atoms with Crippen molar-refractivity contribution in [3.05, 3.63) is 70.7 Å². The summed E-state index contributed by atoms with van der Waals surface area (Å²) in [5, 5.41) is 13.0. The van der Waals surface area contributed by atoms with Crippen LogP contribution in [0.5, 0.6) is 0 Å². The number of nitrogens with zero attached hydrogens (tertiary/aromatic N) is 4. The SMILES string of the molecule is Cn1cc2cc(NCc3cnc(Cl)nc3Nc3ccc(Cl)cc3)ccc2n1. The highest BCUT2D eigenvalue weighted by molar-refractivity contribution is 6.30. The summed E-state index contributed by atoms with van der Waals surface area (Å²) in [6, 6.07) is 13.4. The fourth-order valence-electron chi connectivity index (χ4n) is 2.75. The fraction of sp³-hybridized carbons (Fsp3) is 0.105. The van der Waals surface area contributed by atoms with E-state index in [-0.39, 0.29) is 5.28 Å². The van der Waals surface area contributed by atoms with Crippen molar-refractivity contribution in [3.63, 3.8) is 0 Å². The standard InChI is InChI=1S/C19H16Cl2N6/c1-27-11-12-8-16(6-7-17(12)26-27)22-9-13-10-23-19(21)25-18(13)24-15-4-2-14(20)3-5-15/h2-8,10-11,22H,9H2,1H3,(H,23,24,25). The van der Waals surface area contributed by atoms with Gasteiger partial charge in [0, 0.05) is 53.3 Å². The zero-order valence-electron chi connectivity index (χ0n) is 14.4. The molecule has 4 rings (SSSR count). The number of hydrogen-bond acceptors (Lipinski definition) is 5. The second kappa shape index (κ2) is 7.42. The van der Waals surface area contributed by atoms with Crippen molar-refractivity contribution in [2.75, 3.05) is 10.6 Å². The van der Waals surface area contributed by atoms with Crippen LogP contribution in [0.4, 0.5) is 17.2 Å². The Morgan fingerprint density at radius 2 is 1.81 bits per heavy atom. The Kier molecular flexibility index (Phi) is 4.83. The zero-order chi connectivity index (χ0) is 18.8. The summed E-state index contributed by atoms with van der Waals surface area (Å²) < 4.78 is 1.80. The number of aromatic nitrogens is 4. The number of hydrogen-bond donors (Lipinski definition) is 2. The third kappa shape index (κ3) is 4.13. The molecule has 0 radical (unpaired) electrons. The number of halogens is 2. The van der Waals surface area contributed by atoms with Gasteiger partial charge in [-0.15, -0.1) is 0 Å². The smallest absolute Gasteiger partial charge is 0.224 e. The van der Waals surface area contributed by atoms with Crippen LogP contribution in [-0.2, 0) is 13.6 Å². The van der Waals surface area contributed by atoms with E-state index < -0.39 is 0 Å². The van der Waals surface area contributed by atoms with Gasteiger partial charge in [-0.25, -0.2) is 9.97 Å². The summed E-state index contributed by atoms with van der Waals surface area (Å²) in [6.07, 6.45) is 3.70. The molecule has 136 valence electrons. The van der Waals surface area contributed by atoms with Crippen LogP contribution >= 0.6 is 23.2 Å². The van der Waals surface area contributed by atoms with E-state index in [1.165, 1.54) is 0 Å². The third-order valence-electron chi connectivity index (χ3n) is 4.04. The zero-order valence-corrected chi connectivity index (χ0v) is 16.0. The molecule has 0 aliphatic rings. The molecule has 0 aliphatic carbocycles. The van der Waals surface area contributed by atoms with Gasteiger partial charge in [-0.05, 0) is 54.1 Å². The van der Waals surface area contributed by atoms with Gasteiger partial charge < -0.3 is 10.6 Å². The summed E-state index contributed by atoms with van der Waals surface area (Å²) >= 11 is 11.9. The number of anilines is 3. The normalized spacial score (nSPS) is 10.9. The highest BCUT2D eigenvalue weighted by Crippen LogP contribution is 2.23. The van der Waals surface area contributed by atoms with Gasteiger partial charge in [-0.1, -0.05) is 11.6 Å². The Morgan fingerprint density at radius 1 is 1.04 bits per heavy atom. The van der Waals surface area contributed by atoms with Gasteiger partial charge >= 0.3 is 0 Å². The van der Waals surface area contributed by atoms with E-state index in [1.807, 2.05) is 49.6 Å². The van der Waals surface area contributed by atoms with Crippen LogP contribution in [0.2, 0.25) is 10.3 Å². The van der Waals surface area contributed by atoms with E-state index in [0.717, 1.165) is 27.8 Å². The molecule has 0 saturated heterocycles. The molecule has 27 heavy (non-hydrogen) atoms. The molecule has 0 atom stereocenters. The minimum absolute atomic E-state index is 0.187. The number of fused-ring (bicyclic) bond motifs is 1. The Balaban J connectivity index is 1.54. The Hall–Kier alpha value is -2.83. The van der Waals surface area contributed by atoms with E-state index in [9.17, 15) is 0 Å². The fourth-order valence-corrected chi connectivity index (χ4v) is 3.01. The van der Waals surface area contributed by atoms with Crippen LogP contribution in [0.3, 0.4) is 0 Å². The molecule has 0 saturated carbocycles. The molecule has 8 heteroatoms. The van der Waals surface area contributed by atoms with Crippen LogP contribution < -0.4 is 10.6 Å². The van der Waals surface area contributed by atoms with Crippen LogP contribution in [-0.4, -0.2) is 19.7 Å². The maximum Gasteiger partial charge on any atom is 0.224 e. The first-order chi connectivity index (χ1) is 13.1. The lowest BCUT2D eigenvalue weighted by molar-refractivity contribution is 0.780. The molecule has 0 amide bonds. The highest BCUT2D eigenvalue weighted by Gasteiger charge is 2.08. The van der Waals surface area contributed by atoms with Crippen molar-refractivity contribution in [1.82, 2.24) is 19.7 Å². The number of rotatable bonds is 5. The van der Waals surface area contributed by atoms with Gasteiger partial charge in [-0.2, -0.15) is 5.10 Å². The van der Waals surface area contributed by atoms with Gasteiger partial charge in [0.2, 0.25) is 5.28 Å². The lowest BCUT2D eigenvalue weighted by Crippen LogP contribution is -2.06. The highest BCUT2D eigenvalue weighted by atomic mass is 35.5. The largest absolute Gasteiger partial charge is 0.381 e. The Morgan fingerprint density at radius 3 is 2.63 bits per heavy atom. The first-order valence-corrected chi connectivity index (χ1v) is 9.04. The third-order valence-corrected chi connectivity index (χ3v) is 4.48. The molecule has 2 heterocycles. The maximum absolute atomic E-state index is 5.98. The quantitative estimate of drug-likeness (QED) is 0.461. The predicted octanol–water partition coefficient (Wildman–Crippen LogP) is 5.03. The first kappa shape index (κ1) is 17.6. The molecule has 2 aromatic heterocycles. The summed E-state index contributed by atoms with van der Waals surface area (Å²) in [4.78, 5) is 8.41. The average Bonchev–Trinajstić information content (AvgIpc) is 3.02. The number of benzene rings is 2. The van der Waals surface area contributed by atoms with Gasteiger partial charge in [0.05, 0.1) is 5.52 Å². The molecule has 2 N–H and O–H groups in total. The van der Waals surface area contributed by atoms with Gasteiger partial charge in [0.25, 0.3) is 0 Å². The van der Waals surface area contributed by atoms with Crippen LogP contribution in [0, 0.1) is 0 Å². The summed E-state index contributed by atoms with van der Waals surface area (Å²) in [5.74, 6) is 0.646. The topological polar surface area (TPSA) is 67.7 Å². The molecule has 6 nitrogen and oxygen atoms in total. The van der Waals surface area contributed by atoms with E-state index >= 15 is 0 Å². The summed E-state index contributed by atoms with van der Waals surface area (Å²) in [7, 11) is 1.91. The Bertz CT molecular complexity index is 1090. The van der Waals surface area contributed by atoms with Gasteiger partial charge in [0.1, 0.15) is 5.82 Å². The number of nitrogens with one attached hydrogen (secondary N) is 2. The van der Waals surface area contributed by atoms with Crippen molar-refractivity contribution >= 4 is 51.3 Å². The van der Waals surface area contributed by atoms with Crippen molar-refractivity contribution in [3.8, 4) is 0 Å². The van der Waals surface area contributed by atoms with Gasteiger partial charge in [0.15, 0.2) is 0 Å². The molecule has 4 aromatic rings.